The molecule has 128 valence electrons. The predicted molar refractivity (Wildman–Crippen MR) is 87.5 cm³/mol. The van der Waals surface area contributed by atoms with Crippen molar-refractivity contribution in [3.8, 4) is 0 Å². The van der Waals surface area contributed by atoms with Crippen LogP contribution in [0.2, 0.25) is 0 Å². The molecule has 2 unspecified atom stereocenters. The monoisotopic (exact) mass is 322 g/mol. The van der Waals surface area contributed by atoms with Crippen LogP contribution in [0.15, 0.2) is 30.3 Å². The zero-order valence-corrected chi connectivity index (χ0v) is 13.7. The summed E-state index contributed by atoms with van der Waals surface area (Å²) in [5.74, 6) is -2.24. The van der Waals surface area contributed by atoms with Gasteiger partial charge >= 0.3 is 5.97 Å². The highest BCUT2D eigenvalue weighted by Gasteiger charge is 2.29. The van der Waals surface area contributed by atoms with Crippen LogP contribution in [0.5, 0.6) is 0 Å². The van der Waals surface area contributed by atoms with Crippen LogP contribution in [0.4, 0.5) is 0 Å². The van der Waals surface area contributed by atoms with Gasteiger partial charge in [0, 0.05) is 13.1 Å². The Labute approximate surface area is 136 Å². The second kappa shape index (κ2) is 9.27. The molecule has 0 aliphatic rings. The number of carbonyl (C=O) groups is 2. The number of amides is 1. The largest absolute Gasteiger partial charge is 0.481 e. The molecule has 0 heterocycles. The minimum Gasteiger partial charge on any atom is -0.481 e. The molecular weight excluding hydrogens is 296 g/mol. The molecule has 0 aromatic heterocycles. The molecule has 1 rings (SSSR count). The Morgan fingerprint density at radius 1 is 1.22 bits per heavy atom. The summed E-state index contributed by atoms with van der Waals surface area (Å²) in [6, 6.07) is 9.46. The van der Waals surface area contributed by atoms with Gasteiger partial charge in [-0.2, -0.15) is 0 Å². The van der Waals surface area contributed by atoms with E-state index in [1.165, 1.54) is 0 Å². The number of rotatable bonds is 10. The second-order valence-electron chi connectivity index (χ2n) is 6.26. The first-order valence-corrected chi connectivity index (χ1v) is 7.75. The van der Waals surface area contributed by atoms with Crippen LogP contribution >= 0.6 is 0 Å². The van der Waals surface area contributed by atoms with E-state index in [0.29, 0.717) is 13.0 Å². The fraction of sp³-hybridized carbons (Fsp3) is 0.529. The number of carboxylic acids is 1. The van der Waals surface area contributed by atoms with Crippen molar-refractivity contribution in [1.29, 1.82) is 0 Å². The molecule has 0 fully saturated rings. The molecule has 1 aromatic carbocycles. The number of aliphatic carboxylic acids is 1. The standard InChI is InChI=1S/C17H26N2O4/c1-12(2)8-14(17(22)23)15(20)10-19(11-16(18)21)9-13-6-4-3-5-7-13/h3-7,12,14-15,20H,8-11H2,1-2H3,(H2,18,21)(H,22,23). The molecule has 6 heteroatoms. The summed E-state index contributed by atoms with van der Waals surface area (Å²) in [6.07, 6.45) is -0.676. The van der Waals surface area contributed by atoms with Gasteiger partial charge in [0.1, 0.15) is 0 Å². The van der Waals surface area contributed by atoms with Crippen LogP contribution in [-0.4, -0.2) is 46.2 Å². The summed E-state index contributed by atoms with van der Waals surface area (Å²) in [5, 5.41) is 19.6. The number of primary amides is 1. The minimum absolute atomic E-state index is 0.0278. The molecule has 0 bridgehead atoms. The number of carbonyl (C=O) groups excluding carboxylic acids is 1. The third kappa shape index (κ3) is 7.25. The molecule has 0 radical (unpaired) electrons. The van der Waals surface area contributed by atoms with E-state index in [4.69, 9.17) is 5.73 Å². The summed E-state index contributed by atoms with van der Waals surface area (Å²) >= 11 is 0. The molecule has 0 aliphatic carbocycles. The van der Waals surface area contributed by atoms with Crippen LogP contribution in [0.25, 0.3) is 0 Å². The average Bonchev–Trinajstić information content (AvgIpc) is 2.44. The van der Waals surface area contributed by atoms with E-state index < -0.39 is 23.9 Å². The Bertz CT molecular complexity index is 505. The van der Waals surface area contributed by atoms with Gasteiger partial charge in [-0.1, -0.05) is 44.2 Å². The van der Waals surface area contributed by atoms with Crippen molar-refractivity contribution in [3.05, 3.63) is 35.9 Å². The first-order chi connectivity index (χ1) is 10.8. The molecule has 1 aromatic rings. The number of nitrogens with two attached hydrogens (primary N) is 1. The quantitative estimate of drug-likeness (QED) is 0.598. The lowest BCUT2D eigenvalue weighted by atomic mass is 9.91. The number of hydrogen-bond donors (Lipinski definition) is 3. The first-order valence-electron chi connectivity index (χ1n) is 7.75. The van der Waals surface area contributed by atoms with Crippen LogP contribution < -0.4 is 5.73 Å². The smallest absolute Gasteiger partial charge is 0.309 e. The van der Waals surface area contributed by atoms with Gasteiger partial charge in [-0.15, -0.1) is 0 Å². The maximum Gasteiger partial charge on any atom is 0.309 e. The van der Waals surface area contributed by atoms with Gasteiger partial charge in [0.25, 0.3) is 0 Å². The van der Waals surface area contributed by atoms with Crippen molar-refractivity contribution in [2.24, 2.45) is 17.6 Å². The first kappa shape index (κ1) is 19.1. The van der Waals surface area contributed by atoms with Crippen molar-refractivity contribution < 1.29 is 19.8 Å². The van der Waals surface area contributed by atoms with Crippen LogP contribution in [0.3, 0.4) is 0 Å². The van der Waals surface area contributed by atoms with Crippen molar-refractivity contribution in [2.45, 2.75) is 32.9 Å². The van der Waals surface area contributed by atoms with Crippen molar-refractivity contribution in [1.82, 2.24) is 4.90 Å². The Hall–Kier alpha value is -1.92. The van der Waals surface area contributed by atoms with Gasteiger partial charge < -0.3 is 15.9 Å². The molecule has 0 saturated carbocycles. The highest BCUT2D eigenvalue weighted by molar-refractivity contribution is 5.76. The lowest BCUT2D eigenvalue weighted by Gasteiger charge is -2.27. The van der Waals surface area contributed by atoms with E-state index in [1.807, 2.05) is 44.2 Å². The number of aliphatic hydroxyl groups excluding tert-OH is 1. The zero-order chi connectivity index (χ0) is 17.4. The fourth-order valence-corrected chi connectivity index (χ4v) is 2.57. The van der Waals surface area contributed by atoms with E-state index in [2.05, 4.69) is 0 Å². The maximum atomic E-state index is 11.4. The van der Waals surface area contributed by atoms with Gasteiger partial charge in [-0.3, -0.25) is 14.5 Å². The van der Waals surface area contributed by atoms with E-state index in [0.717, 1.165) is 5.56 Å². The van der Waals surface area contributed by atoms with Crippen molar-refractivity contribution in [3.63, 3.8) is 0 Å². The molecule has 4 N–H and O–H groups in total. The van der Waals surface area contributed by atoms with Gasteiger partial charge in [-0.05, 0) is 17.9 Å². The van der Waals surface area contributed by atoms with E-state index in [9.17, 15) is 19.8 Å². The predicted octanol–water partition coefficient (Wildman–Crippen LogP) is 1.08. The molecule has 23 heavy (non-hydrogen) atoms. The number of carboxylic acid groups (broad SMARTS) is 1. The summed E-state index contributed by atoms with van der Waals surface area (Å²) in [6.45, 7) is 4.30. The summed E-state index contributed by atoms with van der Waals surface area (Å²) < 4.78 is 0. The number of hydrogen-bond acceptors (Lipinski definition) is 4. The van der Waals surface area contributed by atoms with Crippen molar-refractivity contribution >= 4 is 11.9 Å². The Balaban J connectivity index is 2.78. The Kier molecular flexibility index (Phi) is 7.71. The van der Waals surface area contributed by atoms with Crippen LogP contribution in [0.1, 0.15) is 25.8 Å². The zero-order valence-electron chi connectivity index (χ0n) is 13.7. The lowest BCUT2D eigenvalue weighted by molar-refractivity contribution is -0.147. The molecular formula is C17H26N2O4. The SMILES string of the molecule is CC(C)CC(C(=O)O)C(O)CN(CC(N)=O)Cc1ccccc1. The maximum absolute atomic E-state index is 11.4. The average molecular weight is 322 g/mol. The number of aliphatic hydroxyl groups is 1. The topological polar surface area (TPSA) is 104 Å². The van der Waals surface area contributed by atoms with Crippen molar-refractivity contribution in [2.75, 3.05) is 13.1 Å². The highest BCUT2D eigenvalue weighted by atomic mass is 16.4. The molecule has 0 spiro atoms. The Morgan fingerprint density at radius 2 is 1.83 bits per heavy atom. The highest BCUT2D eigenvalue weighted by Crippen LogP contribution is 2.18. The number of nitrogens with zero attached hydrogens (tertiary/aromatic N) is 1. The molecule has 1 amide bonds. The fourth-order valence-electron chi connectivity index (χ4n) is 2.57. The lowest BCUT2D eigenvalue weighted by Crippen LogP contribution is -2.43. The van der Waals surface area contributed by atoms with Crippen LogP contribution in [-0.2, 0) is 16.1 Å². The van der Waals surface area contributed by atoms with E-state index in [1.54, 1.807) is 4.90 Å². The van der Waals surface area contributed by atoms with E-state index in [-0.39, 0.29) is 19.0 Å². The Morgan fingerprint density at radius 3 is 2.30 bits per heavy atom. The summed E-state index contributed by atoms with van der Waals surface area (Å²) in [4.78, 5) is 24.3. The van der Waals surface area contributed by atoms with E-state index >= 15 is 0 Å². The summed E-state index contributed by atoms with van der Waals surface area (Å²) in [5.41, 5.74) is 6.23. The summed E-state index contributed by atoms with van der Waals surface area (Å²) in [7, 11) is 0. The molecule has 0 aliphatic heterocycles. The molecule has 2 atom stereocenters. The third-order valence-electron chi connectivity index (χ3n) is 3.58. The third-order valence-corrected chi connectivity index (χ3v) is 3.58. The minimum atomic E-state index is -1.06. The number of benzene rings is 1. The van der Waals surface area contributed by atoms with Gasteiger partial charge in [0.15, 0.2) is 0 Å². The van der Waals surface area contributed by atoms with Gasteiger partial charge in [0.2, 0.25) is 5.91 Å². The molecule has 0 saturated heterocycles. The second-order valence-corrected chi connectivity index (χ2v) is 6.26. The van der Waals surface area contributed by atoms with Gasteiger partial charge in [-0.25, -0.2) is 0 Å². The van der Waals surface area contributed by atoms with Gasteiger partial charge in [0.05, 0.1) is 18.6 Å². The molecule has 6 nitrogen and oxygen atoms in total. The normalized spacial score (nSPS) is 14.0. The van der Waals surface area contributed by atoms with Crippen LogP contribution in [0, 0.1) is 11.8 Å².